The molecule has 19 heavy (non-hydrogen) atoms. The summed E-state index contributed by atoms with van der Waals surface area (Å²) in [4.78, 5) is 11.5. The molecule has 0 amide bonds. The quantitative estimate of drug-likeness (QED) is 0.728. The van der Waals surface area contributed by atoms with Crippen LogP contribution in [0.1, 0.15) is 43.6 Å². The van der Waals surface area contributed by atoms with E-state index in [1.54, 1.807) is 6.07 Å². The Bertz CT molecular complexity index is 583. The summed E-state index contributed by atoms with van der Waals surface area (Å²) in [5.74, 6) is 0.199. The molecule has 1 saturated carbocycles. The lowest BCUT2D eigenvalue weighted by Gasteiger charge is -2.26. The summed E-state index contributed by atoms with van der Waals surface area (Å²) >= 11 is 1.41. The van der Waals surface area contributed by atoms with Crippen LogP contribution in [0.15, 0.2) is 23.6 Å². The molecule has 0 spiro atoms. The second kappa shape index (κ2) is 5.41. The van der Waals surface area contributed by atoms with Gasteiger partial charge in [-0.05, 0) is 41.2 Å². The number of halogens is 1. The number of thiophene rings is 1. The van der Waals surface area contributed by atoms with E-state index in [4.69, 9.17) is 0 Å². The fourth-order valence-corrected chi connectivity index (χ4v) is 4.25. The SMILES string of the molecule is O=CC(c1csc2c(F)cccc12)C1CCCCC1. The van der Waals surface area contributed by atoms with Crippen LogP contribution in [0.2, 0.25) is 0 Å². The number of hydrogen-bond acceptors (Lipinski definition) is 2. The van der Waals surface area contributed by atoms with Crippen molar-refractivity contribution < 1.29 is 9.18 Å². The molecule has 2 aromatic rings. The highest BCUT2D eigenvalue weighted by atomic mass is 32.1. The molecule has 3 rings (SSSR count). The molecule has 0 bridgehead atoms. The second-order valence-corrected chi connectivity index (χ2v) is 6.25. The second-order valence-electron chi connectivity index (χ2n) is 5.37. The normalized spacial score (nSPS) is 18.6. The van der Waals surface area contributed by atoms with Crippen molar-refractivity contribution in [3.63, 3.8) is 0 Å². The molecular weight excluding hydrogens is 259 g/mol. The van der Waals surface area contributed by atoms with Gasteiger partial charge in [0.05, 0.1) is 4.70 Å². The molecule has 1 heterocycles. The Morgan fingerprint density at radius 3 is 2.79 bits per heavy atom. The lowest BCUT2D eigenvalue weighted by Crippen LogP contribution is -2.17. The number of benzene rings is 1. The first-order valence-corrected chi connectivity index (χ1v) is 7.80. The molecule has 1 aromatic heterocycles. The van der Waals surface area contributed by atoms with Crippen LogP contribution in [0.25, 0.3) is 10.1 Å². The summed E-state index contributed by atoms with van der Waals surface area (Å²) in [6.07, 6.45) is 7.02. The Morgan fingerprint density at radius 2 is 2.05 bits per heavy atom. The smallest absolute Gasteiger partial charge is 0.140 e. The van der Waals surface area contributed by atoms with E-state index in [9.17, 15) is 9.18 Å². The lowest BCUT2D eigenvalue weighted by molar-refractivity contribution is -0.110. The summed E-state index contributed by atoms with van der Waals surface area (Å²) in [6, 6.07) is 5.15. The predicted octanol–water partition coefficient (Wildman–Crippen LogP) is 4.90. The van der Waals surface area contributed by atoms with Gasteiger partial charge in [0, 0.05) is 5.92 Å². The number of carbonyl (C=O) groups is 1. The van der Waals surface area contributed by atoms with Crippen molar-refractivity contribution in [2.45, 2.75) is 38.0 Å². The van der Waals surface area contributed by atoms with E-state index in [1.165, 1.54) is 36.7 Å². The Balaban J connectivity index is 2.01. The van der Waals surface area contributed by atoms with E-state index in [-0.39, 0.29) is 11.7 Å². The number of rotatable bonds is 3. The maximum absolute atomic E-state index is 13.7. The summed E-state index contributed by atoms with van der Waals surface area (Å²) in [5, 5.41) is 2.90. The minimum absolute atomic E-state index is 0.0594. The molecule has 1 unspecified atom stereocenters. The largest absolute Gasteiger partial charge is 0.303 e. The maximum atomic E-state index is 13.7. The molecule has 0 saturated heterocycles. The molecule has 1 atom stereocenters. The molecular formula is C16H17FOS. The van der Waals surface area contributed by atoms with Gasteiger partial charge in [0.2, 0.25) is 0 Å². The third-order valence-electron chi connectivity index (χ3n) is 4.25. The molecule has 1 fully saturated rings. The summed E-state index contributed by atoms with van der Waals surface area (Å²) in [7, 11) is 0. The van der Waals surface area contributed by atoms with Crippen LogP contribution in [-0.2, 0) is 4.79 Å². The van der Waals surface area contributed by atoms with Crippen LogP contribution < -0.4 is 0 Å². The van der Waals surface area contributed by atoms with E-state index < -0.39 is 0 Å². The van der Waals surface area contributed by atoms with E-state index in [1.807, 2.05) is 11.4 Å². The van der Waals surface area contributed by atoms with Crippen LogP contribution in [0.5, 0.6) is 0 Å². The lowest BCUT2D eigenvalue weighted by atomic mass is 9.77. The number of fused-ring (bicyclic) bond motifs is 1. The highest BCUT2D eigenvalue weighted by Gasteiger charge is 2.27. The highest BCUT2D eigenvalue weighted by molar-refractivity contribution is 7.17. The van der Waals surface area contributed by atoms with Gasteiger partial charge < -0.3 is 4.79 Å². The third kappa shape index (κ3) is 2.32. The zero-order valence-corrected chi connectivity index (χ0v) is 11.6. The van der Waals surface area contributed by atoms with Crippen molar-refractivity contribution in [2.75, 3.05) is 0 Å². The predicted molar refractivity (Wildman–Crippen MR) is 77.2 cm³/mol. The number of carbonyl (C=O) groups excluding carboxylic acids is 1. The van der Waals surface area contributed by atoms with E-state index in [0.29, 0.717) is 10.6 Å². The zero-order chi connectivity index (χ0) is 13.2. The molecule has 1 aromatic carbocycles. The zero-order valence-electron chi connectivity index (χ0n) is 10.8. The molecule has 0 aliphatic heterocycles. The molecule has 1 aliphatic carbocycles. The standard InChI is InChI=1S/C16H17FOS/c17-15-8-4-7-12-14(10-19-16(12)15)13(9-18)11-5-2-1-3-6-11/h4,7-11,13H,1-3,5-6H2. The molecule has 0 radical (unpaired) electrons. The topological polar surface area (TPSA) is 17.1 Å². The van der Waals surface area contributed by atoms with E-state index >= 15 is 0 Å². The van der Waals surface area contributed by atoms with Gasteiger partial charge >= 0.3 is 0 Å². The first-order valence-electron chi connectivity index (χ1n) is 6.92. The average Bonchev–Trinajstić information content (AvgIpc) is 2.87. The van der Waals surface area contributed by atoms with Gasteiger partial charge in [0.15, 0.2) is 0 Å². The highest BCUT2D eigenvalue weighted by Crippen LogP contribution is 2.40. The molecule has 0 N–H and O–H groups in total. The van der Waals surface area contributed by atoms with Crippen molar-refractivity contribution in [3.05, 3.63) is 35.0 Å². The van der Waals surface area contributed by atoms with Crippen LogP contribution in [-0.4, -0.2) is 6.29 Å². The van der Waals surface area contributed by atoms with Gasteiger partial charge in [-0.25, -0.2) is 4.39 Å². The Morgan fingerprint density at radius 1 is 1.26 bits per heavy atom. The molecule has 3 heteroatoms. The molecule has 100 valence electrons. The third-order valence-corrected chi connectivity index (χ3v) is 5.27. The molecule has 1 aliphatic rings. The maximum Gasteiger partial charge on any atom is 0.140 e. The Kier molecular flexibility index (Phi) is 3.65. The minimum atomic E-state index is -0.179. The summed E-state index contributed by atoms with van der Waals surface area (Å²) in [6.45, 7) is 0. The Labute approximate surface area is 116 Å². The first-order chi connectivity index (χ1) is 9.31. The van der Waals surface area contributed by atoms with Crippen molar-refractivity contribution in [3.8, 4) is 0 Å². The summed E-state index contributed by atoms with van der Waals surface area (Å²) in [5.41, 5.74) is 1.03. The van der Waals surface area contributed by atoms with Gasteiger partial charge in [-0.2, -0.15) is 0 Å². The fourth-order valence-electron chi connectivity index (χ4n) is 3.23. The molecule has 1 nitrogen and oxygen atoms in total. The number of hydrogen-bond donors (Lipinski definition) is 0. The van der Waals surface area contributed by atoms with Crippen LogP contribution in [0.3, 0.4) is 0 Å². The average molecular weight is 276 g/mol. The van der Waals surface area contributed by atoms with Gasteiger partial charge in [0.1, 0.15) is 12.1 Å². The van der Waals surface area contributed by atoms with Crippen molar-refractivity contribution in [1.82, 2.24) is 0 Å². The Hall–Kier alpha value is -1.22. The van der Waals surface area contributed by atoms with Crippen LogP contribution in [0.4, 0.5) is 4.39 Å². The minimum Gasteiger partial charge on any atom is -0.303 e. The van der Waals surface area contributed by atoms with E-state index in [0.717, 1.165) is 30.1 Å². The van der Waals surface area contributed by atoms with Gasteiger partial charge in [-0.1, -0.05) is 31.4 Å². The van der Waals surface area contributed by atoms with E-state index in [2.05, 4.69) is 0 Å². The monoisotopic (exact) mass is 276 g/mol. The van der Waals surface area contributed by atoms with Crippen molar-refractivity contribution in [1.29, 1.82) is 0 Å². The van der Waals surface area contributed by atoms with Gasteiger partial charge in [0.25, 0.3) is 0 Å². The summed E-state index contributed by atoms with van der Waals surface area (Å²) < 4.78 is 14.4. The van der Waals surface area contributed by atoms with Crippen LogP contribution in [0, 0.1) is 11.7 Å². The van der Waals surface area contributed by atoms with Gasteiger partial charge in [-0.15, -0.1) is 11.3 Å². The fraction of sp³-hybridized carbons (Fsp3) is 0.438. The van der Waals surface area contributed by atoms with Crippen molar-refractivity contribution >= 4 is 27.7 Å². The van der Waals surface area contributed by atoms with Gasteiger partial charge in [-0.3, -0.25) is 0 Å². The number of aldehydes is 1. The van der Waals surface area contributed by atoms with Crippen molar-refractivity contribution in [2.24, 2.45) is 5.92 Å². The first kappa shape index (κ1) is 12.8. The van der Waals surface area contributed by atoms with Crippen LogP contribution >= 0.6 is 11.3 Å².